The molecule has 0 aliphatic rings. The van der Waals surface area contributed by atoms with Crippen molar-refractivity contribution < 1.29 is 48.9 Å². The minimum Gasteiger partial charge on any atom is -0.550 e. The fraction of sp³-hybridized carbons (Fsp3) is 0.342. The van der Waals surface area contributed by atoms with Gasteiger partial charge in [0.15, 0.2) is 0 Å². The number of carbonyl (C=O) groups is 1. The van der Waals surface area contributed by atoms with Crippen molar-refractivity contribution in [3.63, 3.8) is 0 Å². The molecule has 0 radical (unpaired) electrons. The molecule has 3 aromatic heterocycles. The normalized spacial score (nSPS) is 11.7. The SMILES string of the molecule is CCOc1ccc(-c2ccc(Cn3c(CC(C)(C)C(=O)[O-])c(SC(C)(C)C)c4cc(OCc5ccc(C)cn5)ccc43)cc2)cn1.[Na+]. The van der Waals surface area contributed by atoms with Crippen LogP contribution in [0.4, 0.5) is 0 Å². The molecule has 0 unspecified atom stereocenters. The first-order chi connectivity index (χ1) is 21.8. The van der Waals surface area contributed by atoms with Gasteiger partial charge in [-0.2, -0.15) is 0 Å². The van der Waals surface area contributed by atoms with E-state index >= 15 is 0 Å². The summed E-state index contributed by atoms with van der Waals surface area (Å²) in [6, 6.07) is 22.5. The average molecular weight is 660 g/mol. The first-order valence-corrected chi connectivity index (χ1v) is 16.4. The van der Waals surface area contributed by atoms with E-state index in [9.17, 15) is 9.90 Å². The van der Waals surface area contributed by atoms with Crippen molar-refractivity contribution in [1.29, 1.82) is 0 Å². The van der Waals surface area contributed by atoms with Crippen LogP contribution in [0.3, 0.4) is 0 Å². The molecule has 0 amide bonds. The molecule has 0 aliphatic heterocycles. The van der Waals surface area contributed by atoms with Crippen LogP contribution in [0, 0.1) is 12.3 Å². The average Bonchev–Trinajstić information content (AvgIpc) is 3.27. The Kier molecular flexibility index (Phi) is 11.9. The fourth-order valence-electron chi connectivity index (χ4n) is 5.22. The van der Waals surface area contributed by atoms with Gasteiger partial charge in [-0.15, -0.1) is 11.8 Å². The number of thioether (sulfide) groups is 1. The molecule has 47 heavy (non-hydrogen) atoms. The number of hydrogen-bond donors (Lipinski definition) is 0. The van der Waals surface area contributed by atoms with Gasteiger partial charge in [-0.25, -0.2) is 4.98 Å². The van der Waals surface area contributed by atoms with Crippen LogP contribution in [0.2, 0.25) is 0 Å². The summed E-state index contributed by atoms with van der Waals surface area (Å²) in [5.41, 5.74) is 6.06. The van der Waals surface area contributed by atoms with Crippen molar-refractivity contribution in [2.75, 3.05) is 6.61 Å². The number of hydrogen-bond acceptors (Lipinski definition) is 7. The monoisotopic (exact) mass is 659 g/mol. The maximum atomic E-state index is 12.3. The number of aryl methyl sites for hydroxylation is 1. The molecule has 0 aliphatic carbocycles. The molecular formula is C38H42N3NaO4S. The summed E-state index contributed by atoms with van der Waals surface area (Å²) < 4.78 is 13.8. The first-order valence-electron chi connectivity index (χ1n) is 15.6. The van der Waals surface area contributed by atoms with Crippen LogP contribution in [0.25, 0.3) is 22.0 Å². The van der Waals surface area contributed by atoms with Crippen molar-refractivity contribution in [1.82, 2.24) is 14.5 Å². The summed E-state index contributed by atoms with van der Waals surface area (Å²) in [6.07, 6.45) is 3.99. The summed E-state index contributed by atoms with van der Waals surface area (Å²) in [7, 11) is 0. The third-order valence-corrected chi connectivity index (χ3v) is 8.95. The summed E-state index contributed by atoms with van der Waals surface area (Å²) in [6.45, 7) is 15.5. The van der Waals surface area contributed by atoms with Crippen LogP contribution in [0.1, 0.15) is 64.1 Å². The molecule has 0 bridgehead atoms. The molecule has 0 fully saturated rings. The summed E-state index contributed by atoms with van der Waals surface area (Å²) in [4.78, 5) is 22.2. The topological polar surface area (TPSA) is 89.3 Å². The van der Waals surface area contributed by atoms with Crippen LogP contribution >= 0.6 is 11.8 Å². The quantitative estimate of drug-likeness (QED) is 0.142. The van der Waals surface area contributed by atoms with E-state index in [1.807, 2.05) is 56.6 Å². The zero-order valence-corrected chi connectivity index (χ0v) is 31.5. The van der Waals surface area contributed by atoms with Gasteiger partial charge in [0.25, 0.3) is 0 Å². The van der Waals surface area contributed by atoms with Gasteiger partial charge in [-0.3, -0.25) is 4.98 Å². The van der Waals surface area contributed by atoms with Gasteiger partial charge in [0, 0.05) is 68.2 Å². The van der Waals surface area contributed by atoms with Crippen LogP contribution in [0.5, 0.6) is 11.6 Å². The van der Waals surface area contributed by atoms with Crippen molar-refractivity contribution in [2.45, 2.75) is 77.7 Å². The fourth-order valence-corrected chi connectivity index (χ4v) is 6.41. The molecule has 9 heteroatoms. The number of carboxylic acid groups (broad SMARTS) is 1. The number of aliphatic carboxylic acids is 1. The number of aromatic nitrogens is 3. The molecule has 2 aromatic carbocycles. The van der Waals surface area contributed by atoms with Crippen molar-refractivity contribution in [2.24, 2.45) is 5.41 Å². The molecule has 240 valence electrons. The second kappa shape index (κ2) is 15.3. The van der Waals surface area contributed by atoms with E-state index in [2.05, 4.69) is 71.7 Å². The summed E-state index contributed by atoms with van der Waals surface area (Å²) in [5.74, 6) is 0.277. The van der Waals surface area contributed by atoms with Crippen molar-refractivity contribution in [3.05, 3.63) is 102 Å². The summed E-state index contributed by atoms with van der Waals surface area (Å²) >= 11 is 1.75. The Morgan fingerprint density at radius 2 is 1.62 bits per heavy atom. The molecule has 0 atom stereocenters. The predicted molar refractivity (Wildman–Crippen MR) is 183 cm³/mol. The second-order valence-electron chi connectivity index (χ2n) is 13.2. The molecule has 5 aromatic rings. The van der Waals surface area contributed by atoms with Gasteiger partial charge < -0.3 is 23.9 Å². The second-order valence-corrected chi connectivity index (χ2v) is 15.1. The molecule has 0 saturated heterocycles. The number of nitrogens with zero attached hydrogens (tertiary/aromatic N) is 3. The van der Waals surface area contributed by atoms with Gasteiger partial charge in [-0.1, -0.05) is 65.0 Å². The Morgan fingerprint density at radius 1 is 0.894 bits per heavy atom. The molecule has 7 nitrogen and oxygen atoms in total. The van der Waals surface area contributed by atoms with Gasteiger partial charge in [0.1, 0.15) is 12.4 Å². The van der Waals surface area contributed by atoms with E-state index in [1.165, 1.54) is 0 Å². The van der Waals surface area contributed by atoms with E-state index in [0.29, 0.717) is 32.1 Å². The Balaban J connectivity index is 0.00000500. The van der Waals surface area contributed by atoms with E-state index in [1.54, 1.807) is 25.6 Å². The molecule has 0 N–H and O–H groups in total. The van der Waals surface area contributed by atoms with Gasteiger partial charge in [-0.05, 0) is 67.3 Å². The number of carboxylic acids is 1. The van der Waals surface area contributed by atoms with Gasteiger partial charge in [0.2, 0.25) is 5.88 Å². The van der Waals surface area contributed by atoms with Crippen LogP contribution < -0.4 is 44.1 Å². The number of rotatable bonds is 12. The zero-order chi connectivity index (χ0) is 33.1. The Hall–Kier alpha value is -3.30. The largest absolute Gasteiger partial charge is 1.00 e. The van der Waals surface area contributed by atoms with E-state index < -0.39 is 11.4 Å². The third-order valence-electron chi connectivity index (χ3n) is 7.68. The van der Waals surface area contributed by atoms with E-state index in [-0.39, 0.29) is 34.3 Å². The molecule has 5 rings (SSSR count). The minimum absolute atomic E-state index is 0. The maximum Gasteiger partial charge on any atom is 1.00 e. The van der Waals surface area contributed by atoms with E-state index in [0.717, 1.165) is 55.2 Å². The number of pyridine rings is 2. The molecule has 3 heterocycles. The first kappa shape index (κ1) is 36.5. The van der Waals surface area contributed by atoms with Crippen molar-refractivity contribution in [3.8, 4) is 22.8 Å². The maximum absolute atomic E-state index is 12.3. The number of ether oxygens (including phenoxy) is 2. The third kappa shape index (κ3) is 9.20. The summed E-state index contributed by atoms with van der Waals surface area (Å²) in [5, 5.41) is 13.3. The Bertz CT molecular complexity index is 1810. The predicted octanol–water partition coefficient (Wildman–Crippen LogP) is 4.65. The standard InChI is InChI=1S/C38H43N3O4S.Na/c1-8-44-34-18-14-28(22-40-34)27-12-10-26(11-13-27)23-41-32-17-16-30(45-24-29-15-9-25(2)21-39-29)19-31(32)35(46-37(3,4)5)33(41)20-38(6,7)36(42)43;/h9-19,21-22H,8,20,23-24H2,1-7H3,(H,42,43);/q;+1/p-1. The molecule has 0 saturated carbocycles. The Morgan fingerprint density at radius 3 is 2.21 bits per heavy atom. The van der Waals surface area contributed by atoms with Crippen LogP contribution in [0.15, 0.2) is 84.0 Å². The Labute approximate surface area is 304 Å². The van der Waals surface area contributed by atoms with Crippen LogP contribution in [-0.4, -0.2) is 31.9 Å². The number of benzene rings is 2. The molecule has 0 spiro atoms. The number of carbonyl (C=O) groups excluding carboxylic acids is 1. The van der Waals surface area contributed by atoms with E-state index in [4.69, 9.17) is 9.47 Å². The van der Waals surface area contributed by atoms with Crippen molar-refractivity contribution >= 4 is 28.6 Å². The smallest absolute Gasteiger partial charge is 0.550 e. The zero-order valence-electron chi connectivity index (χ0n) is 28.7. The minimum atomic E-state index is -1.07. The van der Waals surface area contributed by atoms with Gasteiger partial charge >= 0.3 is 29.6 Å². The van der Waals surface area contributed by atoms with Crippen LogP contribution in [-0.2, 0) is 24.4 Å². The number of fused-ring (bicyclic) bond motifs is 1. The van der Waals surface area contributed by atoms with Gasteiger partial charge in [0.05, 0.1) is 12.3 Å². The molecular weight excluding hydrogens is 617 g/mol.